The van der Waals surface area contributed by atoms with Crippen LogP contribution in [0.1, 0.15) is 36.5 Å². The molecule has 3 heteroatoms. The van der Waals surface area contributed by atoms with Gasteiger partial charge in [-0.1, -0.05) is 42.8 Å². The lowest BCUT2D eigenvalue weighted by atomic mass is 9.87. The van der Waals surface area contributed by atoms with Crippen molar-refractivity contribution in [2.24, 2.45) is 0 Å². The summed E-state index contributed by atoms with van der Waals surface area (Å²) in [6.45, 7) is 4.46. The van der Waals surface area contributed by atoms with Gasteiger partial charge in [-0.05, 0) is 47.2 Å². The highest BCUT2D eigenvalue weighted by Crippen LogP contribution is 2.35. The van der Waals surface area contributed by atoms with Crippen molar-refractivity contribution in [3.05, 3.63) is 64.2 Å². The van der Waals surface area contributed by atoms with Crippen molar-refractivity contribution in [1.82, 2.24) is 0 Å². The van der Waals surface area contributed by atoms with E-state index >= 15 is 0 Å². The lowest BCUT2D eigenvalue weighted by molar-refractivity contribution is -0.116. The molecule has 0 aliphatic carbocycles. The lowest BCUT2D eigenvalue weighted by Gasteiger charge is -2.30. The van der Waals surface area contributed by atoms with Gasteiger partial charge in [0.25, 0.3) is 0 Å². The number of halogens is 1. The predicted octanol–water partition coefficient (Wildman–Crippen LogP) is 4.55. The maximum absolute atomic E-state index is 12.1. The van der Waals surface area contributed by atoms with Crippen LogP contribution in [-0.4, -0.2) is 5.91 Å². The molecule has 21 heavy (non-hydrogen) atoms. The van der Waals surface area contributed by atoms with Gasteiger partial charge < -0.3 is 4.90 Å². The summed E-state index contributed by atoms with van der Waals surface area (Å²) in [4.78, 5) is 13.9. The van der Waals surface area contributed by atoms with E-state index < -0.39 is 0 Å². The van der Waals surface area contributed by atoms with Crippen LogP contribution < -0.4 is 4.90 Å². The number of anilines is 1. The molecule has 2 nitrogen and oxygen atoms in total. The van der Waals surface area contributed by atoms with Gasteiger partial charge in [0.1, 0.15) is 0 Å². The van der Waals surface area contributed by atoms with Gasteiger partial charge in [-0.3, -0.25) is 4.79 Å². The van der Waals surface area contributed by atoms with Crippen molar-refractivity contribution in [2.75, 3.05) is 4.90 Å². The monoisotopic (exact) mass is 299 g/mol. The Labute approximate surface area is 130 Å². The zero-order chi connectivity index (χ0) is 15.0. The molecule has 2 aromatic rings. The molecule has 0 fully saturated rings. The number of benzene rings is 2. The molecule has 3 rings (SSSR count). The van der Waals surface area contributed by atoms with Crippen LogP contribution in [0.25, 0.3) is 0 Å². The second-order valence-electron chi connectivity index (χ2n) is 5.68. The first kappa shape index (κ1) is 14.2. The van der Waals surface area contributed by atoms with Gasteiger partial charge in [0.05, 0.1) is 6.54 Å². The second-order valence-corrected chi connectivity index (χ2v) is 6.12. The van der Waals surface area contributed by atoms with Gasteiger partial charge in [-0.25, -0.2) is 0 Å². The predicted molar refractivity (Wildman–Crippen MR) is 86.9 cm³/mol. The molecular formula is C18H18ClNO. The summed E-state index contributed by atoms with van der Waals surface area (Å²) in [5.74, 6) is 0.468. The third kappa shape index (κ3) is 2.68. The number of carbonyl (C=O) groups is 1. The minimum Gasteiger partial charge on any atom is -0.308 e. The molecule has 0 saturated carbocycles. The third-order valence-corrected chi connectivity index (χ3v) is 4.39. The molecule has 0 spiro atoms. The van der Waals surface area contributed by atoms with Crippen molar-refractivity contribution < 1.29 is 4.79 Å². The molecule has 1 atom stereocenters. The smallest absolute Gasteiger partial charge is 0.224 e. The van der Waals surface area contributed by atoms with Gasteiger partial charge in [-0.15, -0.1) is 0 Å². The number of hydrogen-bond donors (Lipinski definition) is 0. The molecule has 0 radical (unpaired) electrons. The molecule has 1 aliphatic rings. The first-order chi connectivity index (χ1) is 10.1. The molecule has 0 aromatic heterocycles. The van der Waals surface area contributed by atoms with Crippen LogP contribution in [0.5, 0.6) is 0 Å². The van der Waals surface area contributed by atoms with Crippen molar-refractivity contribution in [3.8, 4) is 0 Å². The first-order valence-electron chi connectivity index (χ1n) is 7.20. The average molecular weight is 300 g/mol. The standard InChI is InChI=1S/C18H18ClNO/c1-12-9-15-10-16(19)7-8-18(15)20(13(2)21)11-14-5-3-4-6-17(12)14/h3-8,10,12H,9,11H2,1-2H3/t12-/m1/s1. The van der Waals surface area contributed by atoms with E-state index in [-0.39, 0.29) is 5.91 Å². The number of rotatable bonds is 0. The summed E-state index contributed by atoms with van der Waals surface area (Å²) in [6, 6.07) is 14.2. The quantitative estimate of drug-likeness (QED) is 0.698. The summed E-state index contributed by atoms with van der Waals surface area (Å²) in [5.41, 5.74) is 4.66. The summed E-state index contributed by atoms with van der Waals surface area (Å²) in [6.07, 6.45) is 0.886. The fourth-order valence-electron chi connectivity index (χ4n) is 3.12. The largest absolute Gasteiger partial charge is 0.308 e. The van der Waals surface area contributed by atoms with Crippen molar-refractivity contribution in [2.45, 2.75) is 32.7 Å². The van der Waals surface area contributed by atoms with E-state index in [1.165, 1.54) is 11.1 Å². The normalized spacial score (nSPS) is 17.5. The third-order valence-electron chi connectivity index (χ3n) is 4.15. The van der Waals surface area contributed by atoms with Gasteiger partial charge in [-0.2, -0.15) is 0 Å². The van der Waals surface area contributed by atoms with Gasteiger partial charge in [0, 0.05) is 17.6 Å². The Morgan fingerprint density at radius 2 is 1.95 bits per heavy atom. The van der Waals surface area contributed by atoms with Gasteiger partial charge in [0.15, 0.2) is 0 Å². The Hall–Kier alpha value is -1.80. The minimum absolute atomic E-state index is 0.0583. The van der Waals surface area contributed by atoms with E-state index in [0.29, 0.717) is 12.5 Å². The Kier molecular flexibility index (Phi) is 3.73. The molecule has 0 unspecified atom stereocenters. The molecule has 108 valence electrons. The molecule has 1 amide bonds. The molecule has 0 saturated heterocycles. The lowest BCUT2D eigenvalue weighted by Crippen LogP contribution is -2.31. The Bertz CT molecular complexity index is 695. The van der Waals surface area contributed by atoms with Crippen molar-refractivity contribution in [3.63, 3.8) is 0 Å². The van der Waals surface area contributed by atoms with Crippen molar-refractivity contribution in [1.29, 1.82) is 0 Å². The molecule has 2 aromatic carbocycles. The molecular weight excluding hydrogens is 282 g/mol. The topological polar surface area (TPSA) is 20.3 Å². The summed E-state index contributed by atoms with van der Waals surface area (Å²) >= 11 is 6.14. The van der Waals surface area contributed by atoms with E-state index in [1.54, 1.807) is 6.92 Å². The number of hydrogen-bond acceptors (Lipinski definition) is 1. The Balaban J connectivity index is 2.16. The number of amides is 1. The first-order valence-corrected chi connectivity index (χ1v) is 7.58. The van der Waals surface area contributed by atoms with E-state index in [1.807, 2.05) is 29.2 Å². The number of nitrogens with zero attached hydrogens (tertiary/aromatic N) is 1. The second kappa shape index (κ2) is 5.53. The Morgan fingerprint density at radius 3 is 2.71 bits per heavy atom. The van der Waals surface area contributed by atoms with E-state index in [2.05, 4.69) is 25.1 Å². The van der Waals surface area contributed by atoms with E-state index in [4.69, 9.17) is 11.6 Å². The van der Waals surface area contributed by atoms with Crippen LogP contribution in [0, 0.1) is 0 Å². The van der Waals surface area contributed by atoms with Crippen LogP contribution >= 0.6 is 11.6 Å². The Morgan fingerprint density at radius 1 is 1.19 bits per heavy atom. The SMILES string of the molecule is CC(=O)N1Cc2ccccc2[C@H](C)Cc2cc(Cl)ccc21. The molecule has 0 bridgehead atoms. The fraction of sp³-hybridized carbons (Fsp3) is 0.278. The number of fused-ring (bicyclic) bond motifs is 2. The van der Waals surface area contributed by atoms with E-state index in [0.717, 1.165) is 22.7 Å². The zero-order valence-corrected chi connectivity index (χ0v) is 13.0. The van der Waals surface area contributed by atoms with Crippen LogP contribution in [-0.2, 0) is 17.8 Å². The molecule has 1 heterocycles. The average Bonchev–Trinajstić information content (AvgIpc) is 2.44. The summed E-state index contributed by atoms with van der Waals surface area (Å²) in [5, 5.41) is 0.721. The molecule has 1 aliphatic heterocycles. The van der Waals surface area contributed by atoms with Crippen LogP contribution in [0.15, 0.2) is 42.5 Å². The highest BCUT2D eigenvalue weighted by atomic mass is 35.5. The van der Waals surface area contributed by atoms with Crippen LogP contribution in [0.2, 0.25) is 5.02 Å². The zero-order valence-electron chi connectivity index (χ0n) is 12.3. The maximum atomic E-state index is 12.1. The van der Waals surface area contributed by atoms with Gasteiger partial charge >= 0.3 is 0 Å². The molecule has 0 N–H and O–H groups in total. The highest BCUT2D eigenvalue weighted by Gasteiger charge is 2.23. The van der Waals surface area contributed by atoms with E-state index in [9.17, 15) is 4.79 Å². The van der Waals surface area contributed by atoms with Crippen molar-refractivity contribution >= 4 is 23.2 Å². The van der Waals surface area contributed by atoms with Crippen LogP contribution in [0.3, 0.4) is 0 Å². The van der Waals surface area contributed by atoms with Crippen LogP contribution in [0.4, 0.5) is 5.69 Å². The van der Waals surface area contributed by atoms with Gasteiger partial charge in [0.2, 0.25) is 5.91 Å². The fourth-order valence-corrected chi connectivity index (χ4v) is 3.31. The minimum atomic E-state index is 0.0583. The highest BCUT2D eigenvalue weighted by molar-refractivity contribution is 6.30. The number of carbonyl (C=O) groups excluding carboxylic acids is 1. The maximum Gasteiger partial charge on any atom is 0.224 e. The summed E-state index contributed by atoms with van der Waals surface area (Å²) < 4.78 is 0. The summed E-state index contributed by atoms with van der Waals surface area (Å²) in [7, 11) is 0.